The molecule has 0 amide bonds. The Balaban J connectivity index is 3.87. The van der Waals surface area contributed by atoms with Crippen LogP contribution in [0.25, 0.3) is 0 Å². The van der Waals surface area contributed by atoms with Crippen LogP contribution in [0.5, 0.6) is 0 Å². The van der Waals surface area contributed by atoms with Gasteiger partial charge in [0.05, 0.1) is 6.10 Å². The first-order valence-electron chi connectivity index (χ1n) is 5.61. The predicted molar refractivity (Wildman–Crippen MR) is 58.8 cm³/mol. The molecule has 0 fully saturated rings. The van der Waals surface area contributed by atoms with Crippen LogP contribution >= 0.6 is 0 Å². The summed E-state index contributed by atoms with van der Waals surface area (Å²) in [7, 11) is 0. The van der Waals surface area contributed by atoms with E-state index < -0.39 is 0 Å². The van der Waals surface area contributed by atoms with Crippen molar-refractivity contribution in [3.8, 4) is 0 Å². The molecule has 0 heterocycles. The van der Waals surface area contributed by atoms with E-state index in [0.717, 1.165) is 12.8 Å². The Morgan fingerprint density at radius 3 is 2.08 bits per heavy atom. The topological polar surface area (TPSA) is 20.2 Å². The fourth-order valence-electron chi connectivity index (χ4n) is 1.34. The summed E-state index contributed by atoms with van der Waals surface area (Å²) < 4.78 is 0. The average Bonchev–Trinajstić information content (AvgIpc) is 2.04. The molecular weight excluding hydrogens is 160 g/mol. The van der Waals surface area contributed by atoms with Crippen molar-refractivity contribution in [1.82, 2.24) is 0 Å². The molecule has 1 heteroatoms. The zero-order valence-corrected chi connectivity index (χ0v) is 9.93. The summed E-state index contributed by atoms with van der Waals surface area (Å²) in [4.78, 5) is 0. The number of unbranched alkanes of at least 4 members (excludes halogenated alkanes) is 2. The molecule has 1 unspecified atom stereocenters. The molecule has 0 aromatic heterocycles. The Hall–Kier alpha value is -0.0400. The van der Waals surface area contributed by atoms with Gasteiger partial charge in [0.15, 0.2) is 0 Å². The first-order valence-corrected chi connectivity index (χ1v) is 5.61. The van der Waals surface area contributed by atoms with Crippen LogP contribution in [0.3, 0.4) is 0 Å². The molecule has 1 N–H and O–H groups in total. The molecule has 13 heavy (non-hydrogen) atoms. The Kier molecular flexibility index (Phi) is 5.62. The number of hydrogen-bond donors (Lipinski definition) is 1. The third-order valence-corrected chi connectivity index (χ3v) is 3.43. The number of aliphatic hydroxyl groups is 1. The van der Waals surface area contributed by atoms with E-state index in [9.17, 15) is 5.11 Å². The lowest BCUT2D eigenvalue weighted by Crippen LogP contribution is -2.34. The molecule has 0 spiro atoms. The molecule has 0 bridgehead atoms. The summed E-state index contributed by atoms with van der Waals surface area (Å²) in [5.41, 5.74) is 0.0632. The molecule has 0 aliphatic heterocycles. The fraction of sp³-hybridized carbons (Fsp3) is 1.00. The summed E-state index contributed by atoms with van der Waals surface area (Å²) in [6.07, 6.45) is 4.45. The second kappa shape index (κ2) is 5.64. The van der Waals surface area contributed by atoms with Gasteiger partial charge in [-0.2, -0.15) is 0 Å². The highest BCUT2D eigenvalue weighted by atomic mass is 16.3. The van der Waals surface area contributed by atoms with Gasteiger partial charge in [0.25, 0.3) is 0 Å². The lowest BCUT2D eigenvalue weighted by Gasteiger charge is -2.34. The Morgan fingerprint density at radius 1 is 1.15 bits per heavy atom. The molecule has 80 valence electrons. The average molecular weight is 186 g/mol. The van der Waals surface area contributed by atoms with Crippen LogP contribution in [0.2, 0.25) is 0 Å². The third-order valence-electron chi connectivity index (χ3n) is 3.43. The normalized spacial score (nSPS) is 15.0. The van der Waals surface area contributed by atoms with Crippen LogP contribution in [0, 0.1) is 11.3 Å². The minimum absolute atomic E-state index is 0.0632. The van der Waals surface area contributed by atoms with Crippen molar-refractivity contribution < 1.29 is 5.11 Å². The smallest absolute Gasteiger partial charge is 0.0593 e. The maximum Gasteiger partial charge on any atom is 0.0593 e. The monoisotopic (exact) mass is 186 g/mol. The van der Waals surface area contributed by atoms with Crippen LogP contribution in [-0.4, -0.2) is 11.2 Å². The highest BCUT2D eigenvalue weighted by Gasteiger charge is 2.30. The zero-order chi connectivity index (χ0) is 10.5. The lowest BCUT2D eigenvalue weighted by molar-refractivity contribution is 0.00977. The van der Waals surface area contributed by atoms with Gasteiger partial charge in [-0.3, -0.25) is 0 Å². The van der Waals surface area contributed by atoms with Crippen LogP contribution in [-0.2, 0) is 0 Å². The highest BCUT2D eigenvalue weighted by molar-refractivity contribution is 4.80. The van der Waals surface area contributed by atoms with Crippen LogP contribution in [0.4, 0.5) is 0 Å². The van der Waals surface area contributed by atoms with Gasteiger partial charge < -0.3 is 5.11 Å². The third kappa shape index (κ3) is 4.12. The SMILES string of the molecule is CCCCCC(O)C(C)(C)C(C)C. The van der Waals surface area contributed by atoms with E-state index in [1.165, 1.54) is 12.8 Å². The molecule has 0 saturated heterocycles. The van der Waals surface area contributed by atoms with E-state index >= 15 is 0 Å². The highest BCUT2D eigenvalue weighted by Crippen LogP contribution is 2.32. The molecule has 0 aromatic carbocycles. The quantitative estimate of drug-likeness (QED) is 0.628. The van der Waals surface area contributed by atoms with E-state index in [0.29, 0.717) is 5.92 Å². The van der Waals surface area contributed by atoms with Gasteiger partial charge in [0.2, 0.25) is 0 Å². The molecule has 0 aliphatic rings. The summed E-state index contributed by atoms with van der Waals surface area (Å²) in [5.74, 6) is 0.545. The first kappa shape index (κ1) is 13.0. The number of hydrogen-bond acceptors (Lipinski definition) is 1. The van der Waals surface area contributed by atoms with Crippen LogP contribution in [0.15, 0.2) is 0 Å². The summed E-state index contributed by atoms with van der Waals surface area (Å²) in [5, 5.41) is 9.97. The van der Waals surface area contributed by atoms with Crippen molar-refractivity contribution in [3.05, 3.63) is 0 Å². The standard InChI is InChI=1S/C12H26O/c1-6-7-8-9-11(13)12(4,5)10(2)3/h10-11,13H,6-9H2,1-5H3. The van der Waals surface area contributed by atoms with Gasteiger partial charge in [-0.1, -0.05) is 53.9 Å². The predicted octanol–water partition coefficient (Wildman–Crippen LogP) is 3.61. The first-order chi connectivity index (χ1) is 5.92. The Bertz CT molecular complexity index is 127. The van der Waals surface area contributed by atoms with Gasteiger partial charge >= 0.3 is 0 Å². The fourth-order valence-corrected chi connectivity index (χ4v) is 1.34. The maximum atomic E-state index is 9.97. The van der Waals surface area contributed by atoms with E-state index in [1.54, 1.807) is 0 Å². The largest absolute Gasteiger partial charge is 0.393 e. The summed E-state index contributed by atoms with van der Waals surface area (Å²) >= 11 is 0. The van der Waals surface area contributed by atoms with E-state index in [4.69, 9.17) is 0 Å². The Morgan fingerprint density at radius 2 is 1.69 bits per heavy atom. The van der Waals surface area contributed by atoms with Gasteiger partial charge in [-0.25, -0.2) is 0 Å². The van der Waals surface area contributed by atoms with Crippen molar-refractivity contribution in [1.29, 1.82) is 0 Å². The molecular formula is C12H26O. The van der Waals surface area contributed by atoms with E-state index in [1.807, 2.05) is 0 Å². The molecule has 0 aliphatic carbocycles. The van der Waals surface area contributed by atoms with Crippen molar-refractivity contribution in [2.75, 3.05) is 0 Å². The lowest BCUT2D eigenvalue weighted by atomic mass is 9.75. The van der Waals surface area contributed by atoms with Crippen molar-refractivity contribution in [2.24, 2.45) is 11.3 Å². The molecule has 1 atom stereocenters. The van der Waals surface area contributed by atoms with E-state index in [2.05, 4.69) is 34.6 Å². The van der Waals surface area contributed by atoms with Crippen molar-refractivity contribution in [2.45, 2.75) is 66.4 Å². The number of aliphatic hydroxyl groups excluding tert-OH is 1. The van der Waals surface area contributed by atoms with Gasteiger partial charge in [0, 0.05) is 0 Å². The summed E-state index contributed by atoms with van der Waals surface area (Å²) in [6, 6.07) is 0. The second-order valence-corrected chi connectivity index (χ2v) is 4.99. The van der Waals surface area contributed by atoms with Crippen molar-refractivity contribution >= 4 is 0 Å². The molecule has 0 aromatic rings. The van der Waals surface area contributed by atoms with Crippen molar-refractivity contribution in [3.63, 3.8) is 0 Å². The van der Waals surface area contributed by atoms with Gasteiger partial charge in [-0.05, 0) is 17.8 Å². The zero-order valence-electron chi connectivity index (χ0n) is 9.93. The molecule has 1 nitrogen and oxygen atoms in total. The van der Waals surface area contributed by atoms with E-state index in [-0.39, 0.29) is 11.5 Å². The summed E-state index contributed by atoms with van der Waals surface area (Å²) in [6.45, 7) is 10.9. The van der Waals surface area contributed by atoms with Crippen LogP contribution < -0.4 is 0 Å². The maximum absolute atomic E-state index is 9.97. The second-order valence-electron chi connectivity index (χ2n) is 4.99. The molecule has 0 rings (SSSR count). The minimum atomic E-state index is -0.140. The van der Waals surface area contributed by atoms with Gasteiger partial charge in [-0.15, -0.1) is 0 Å². The van der Waals surface area contributed by atoms with Crippen LogP contribution in [0.1, 0.15) is 60.3 Å². The van der Waals surface area contributed by atoms with Gasteiger partial charge in [0.1, 0.15) is 0 Å². The number of rotatable bonds is 6. The minimum Gasteiger partial charge on any atom is -0.393 e. The molecule has 0 radical (unpaired) electrons. The Labute approximate surface area is 83.5 Å². The molecule has 0 saturated carbocycles.